The first kappa shape index (κ1) is 11.8. The lowest BCUT2D eigenvalue weighted by atomic mass is 9.98. The number of nitrogens with zero attached hydrogens (tertiary/aromatic N) is 1. The van der Waals surface area contributed by atoms with Gasteiger partial charge in [-0.1, -0.05) is 0 Å². The van der Waals surface area contributed by atoms with Crippen LogP contribution in [-0.2, 0) is 4.79 Å². The lowest BCUT2D eigenvalue weighted by molar-refractivity contribution is -0.141. The highest BCUT2D eigenvalue weighted by Crippen LogP contribution is 2.25. The maximum absolute atomic E-state index is 11.1. The Kier molecular flexibility index (Phi) is 2.77. The van der Waals surface area contributed by atoms with E-state index in [9.17, 15) is 9.59 Å². The molecule has 3 rings (SSSR count). The Balaban J connectivity index is 1.90. The minimum absolute atomic E-state index is 0.326. The average Bonchev–Trinajstić information content (AvgIpc) is 2.77. The molecular weight excluding hydrogens is 248 g/mol. The van der Waals surface area contributed by atoms with E-state index in [0.717, 1.165) is 25.1 Å². The van der Waals surface area contributed by atoms with E-state index in [4.69, 9.17) is 9.52 Å². The summed E-state index contributed by atoms with van der Waals surface area (Å²) in [7, 11) is 0. The molecule has 0 amide bonds. The molecule has 2 aromatic rings. The molecule has 1 saturated heterocycles. The van der Waals surface area contributed by atoms with Crippen molar-refractivity contribution in [2.75, 3.05) is 18.0 Å². The van der Waals surface area contributed by atoms with Gasteiger partial charge in [0.15, 0.2) is 5.58 Å². The molecule has 1 aromatic carbocycles. The fourth-order valence-electron chi connectivity index (χ4n) is 2.55. The van der Waals surface area contributed by atoms with Gasteiger partial charge in [-0.25, -0.2) is 4.79 Å². The fraction of sp³-hybridized carbons (Fsp3) is 0.385. The Morgan fingerprint density at radius 3 is 3.11 bits per heavy atom. The Labute approximate surface area is 108 Å². The molecule has 1 aliphatic rings. The molecule has 6 heteroatoms. The monoisotopic (exact) mass is 262 g/mol. The van der Waals surface area contributed by atoms with Gasteiger partial charge in [-0.05, 0) is 31.0 Å². The van der Waals surface area contributed by atoms with Gasteiger partial charge in [0.2, 0.25) is 0 Å². The predicted octanol–water partition coefficient (Wildman–Crippen LogP) is 1.42. The minimum atomic E-state index is -0.748. The zero-order valence-corrected chi connectivity index (χ0v) is 10.3. The van der Waals surface area contributed by atoms with Crippen LogP contribution >= 0.6 is 0 Å². The number of anilines is 1. The normalized spacial score (nSPS) is 19.8. The number of aliphatic carboxylic acids is 1. The molecule has 2 N–H and O–H groups in total. The SMILES string of the molecule is O=C(O)C1CCCN(c2ccc3oc(=O)[nH]c3c2)C1. The van der Waals surface area contributed by atoms with E-state index in [2.05, 4.69) is 4.98 Å². The largest absolute Gasteiger partial charge is 0.481 e. The molecule has 1 unspecified atom stereocenters. The van der Waals surface area contributed by atoms with Gasteiger partial charge in [0.1, 0.15) is 0 Å². The van der Waals surface area contributed by atoms with E-state index in [1.54, 1.807) is 6.07 Å². The lowest BCUT2D eigenvalue weighted by Gasteiger charge is -2.32. The molecule has 1 fully saturated rings. The van der Waals surface area contributed by atoms with Crippen molar-refractivity contribution in [3.63, 3.8) is 0 Å². The Hall–Kier alpha value is -2.24. The van der Waals surface area contributed by atoms with Crippen LogP contribution in [0.4, 0.5) is 5.69 Å². The summed E-state index contributed by atoms with van der Waals surface area (Å²) >= 11 is 0. The molecule has 0 radical (unpaired) electrons. The van der Waals surface area contributed by atoms with Crippen molar-refractivity contribution < 1.29 is 14.3 Å². The predicted molar refractivity (Wildman–Crippen MR) is 69.4 cm³/mol. The van der Waals surface area contributed by atoms with Gasteiger partial charge < -0.3 is 14.4 Å². The maximum Gasteiger partial charge on any atom is 0.417 e. The van der Waals surface area contributed by atoms with Gasteiger partial charge in [-0.2, -0.15) is 0 Å². The van der Waals surface area contributed by atoms with Crippen molar-refractivity contribution in [2.24, 2.45) is 5.92 Å². The molecule has 2 heterocycles. The number of hydrogen-bond acceptors (Lipinski definition) is 4. The van der Waals surface area contributed by atoms with Crippen LogP contribution in [0.1, 0.15) is 12.8 Å². The summed E-state index contributed by atoms with van der Waals surface area (Å²) in [5.74, 6) is -1.55. The molecule has 0 aliphatic carbocycles. The minimum Gasteiger partial charge on any atom is -0.481 e. The van der Waals surface area contributed by atoms with Crippen LogP contribution in [0.3, 0.4) is 0 Å². The molecule has 1 aromatic heterocycles. The van der Waals surface area contributed by atoms with Gasteiger partial charge in [0.05, 0.1) is 11.4 Å². The van der Waals surface area contributed by atoms with E-state index in [-0.39, 0.29) is 5.92 Å². The Morgan fingerprint density at radius 1 is 1.47 bits per heavy atom. The number of piperidine rings is 1. The number of benzene rings is 1. The number of carboxylic acid groups (broad SMARTS) is 1. The van der Waals surface area contributed by atoms with Crippen LogP contribution in [0.2, 0.25) is 0 Å². The molecule has 100 valence electrons. The average molecular weight is 262 g/mol. The number of hydrogen-bond donors (Lipinski definition) is 2. The van der Waals surface area contributed by atoms with E-state index < -0.39 is 11.7 Å². The van der Waals surface area contributed by atoms with E-state index in [1.165, 1.54) is 0 Å². The Morgan fingerprint density at radius 2 is 2.32 bits per heavy atom. The number of H-pyrrole nitrogens is 1. The second-order valence-electron chi connectivity index (χ2n) is 4.82. The van der Waals surface area contributed by atoms with Gasteiger partial charge in [-0.15, -0.1) is 0 Å². The van der Waals surface area contributed by atoms with Crippen molar-refractivity contribution >= 4 is 22.8 Å². The lowest BCUT2D eigenvalue weighted by Crippen LogP contribution is -2.38. The van der Waals surface area contributed by atoms with Crippen molar-refractivity contribution in [3.05, 3.63) is 28.7 Å². The summed E-state index contributed by atoms with van der Waals surface area (Å²) in [5.41, 5.74) is 2.07. The Bertz CT molecular complexity index is 673. The topological polar surface area (TPSA) is 86.5 Å². The van der Waals surface area contributed by atoms with Crippen LogP contribution < -0.4 is 10.7 Å². The zero-order valence-electron chi connectivity index (χ0n) is 10.3. The zero-order chi connectivity index (χ0) is 13.4. The van der Waals surface area contributed by atoms with E-state index >= 15 is 0 Å². The fourth-order valence-corrected chi connectivity index (χ4v) is 2.55. The van der Waals surface area contributed by atoms with Crippen LogP contribution in [0.15, 0.2) is 27.4 Å². The standard InChI is InChI=1S/C13H14N2O4/c16-12(17)8-2-1-5-15(7-8)9-3-4-11-10(6-9)14-13(18)19-11/h3-4,6,8H,1-2,5,7H2,(H,14,18)(H,16,17). The van der Waals surface area contributed by atoms with Gasteiger partial charge in [-0.3, -0.25) is 9.78 Å². The first-order valence-electron chi connectivity index (χ1n) is 6.24. The van der Waals surface area contributed by atoms with Crippen molar-refractivity contribution in [1.82, 2.24) is 4.98 Å². The second kappa shape index (κ2) is 4.46. The number of rotatable bonds is 2. The van der Waals surface area contributed by atoms with Gasteiger partial charge in [0, 0.05) is 18.8 Å². The molecule has 1 atom stereocenters. The maximum atomic E-state index is 11.1. The summed E-state index contributed by atoms with van der Waals surface area (Å²) < 4.78 is 4.95. The second-order valence-corrected chi connectivity index (χ2v) is 4.82. The number of nitrogens with one attached hydrogen (secondary N) is 1. The highest BCUT2D eigenvalue weighted by Gasteiger charge is 2.25. The quantitative estimate of drug-likeness (QED) is 0.854. The van der Waals surface area contributed by atoms with Gasteiger partial charge >= 0.3 is 11.7 Å². The highest BCUT2D eigenvalue weighted by molar-refractivity contribution is 5.78. The summed E-state index contributed by atoms with van der Waals surface area (Å²) in [6.45, 7) is 1.33. The van der Waals surface area contributed by atoms with Crippen molar-refractivity contribution in [3.8, 4) is 0 Å². The molecule has 1 aliphatic heterocycles. The van der Waals surface area contributed by atoms with Crippen LogP contribution in [-0.4, -0.2) is 29.1 Å². The van der Waals surface area contributed by atoms with Gasteiger partial charge in [0.25, 0.3) is 0 Å². The number of carbonyl (C=O) groups is 1. The third kappa shape index (κ3) is 2.21. The first-order valence-corrected chi connectivity index (χ1v) is 6.24. The molecular formula is C13H14N2O4. The molecule has 0 saturated carbocycles. The molecule has 0 bridgehead atoms. The van der Waals surface area contributed by atoms with E-state index in [1.807, 2.05) is 17.0 Å². The van der Waals surface area contributed by atoms with E-state index in [0.29, 0.717) is 17.6 Å². The molecule has 6 nitrogen and oxygen atoms in total. The summed E-state index contributed by atoms with van der Waals surface area (Å²) in [4.78, 5) is 26.8. The number of aromatic nitrogens is 1. The number of oxazole rings is 1. The van der Waals surface area contributed by atoms with Crippen molar-refractivity contribution in [1.29, 1.82) is 0 Å². The number of aromatic amines is 1. The van der Waals surface area contributed by atoms with Crippen molar-refractivity contribution in [2.45, 2.75) is 12.8 Å². The molecule has 0 spiro atoms. The number of fused-ring (bicyclic) bond motifs is 1. The summed E-state index contributed by atoms with van der Waals surface area (Å²) in [5, 5.41) is 9.09. The molecule has 19 heavy (non-hydrogen) atoms. The van der Waals surface area contributed by atoms with Crippen LogP contribution in [0.25, 0.3) is 11.1 Å². The third-order valence-electron chi connectivity index (χ3n) is 3.54. The number of carboxylic acids is 1. The highest BCUT2D eigenvalue weighted by atomic mass is 16.4. The smallest absolute Gasteiger partial charge is 0.417 e. The summed E-state index contributed by atoms with van der Waals surface area (Å²) in [6, 6.07) is 5.40. The summed E-state index contributed by atoms with van der Waals surface area (Å²) in [6.07, 6.45) is 1.58. The first-order chi connectivity index (χ1) is 9.13. The van der Waals surface area contributed by atoms with Crippen LogP contribution in [0, 0.1) is 5.92 Å². The van der Waals surface area contributed by atoms with Crippen LogP contribution in [0.5, 0.6) is 0 Å². The third-order valence-corrected chi connectivity index (χ3v) is 3.54.